The van der Waals surface area contributed by atoms with Crippen LogP contribution in [0.15, 0.2) is 42.5 Å². The zero-order chi connectivity index (χ0) is 20.1. The largest absolute Gasteiger partial charge is 0.493 e. The summed E-state index contributed by atoms with van der Waals surface area (Å²) in [6.45, 7) is 0.908. The predicted octanol–water partition coefficient (Wildman–Crippen LogP) is 3.33. The predicted molar refractivity (Wildman–Crippen MR) is 103 cm³/mol. The Balaban J connectivity index is 1.66. The topological polar surface area (TPSA) is 67.9 Å². The molecule has 1 heterocycles. The van der Waals surface area contributed by atoms with Gasteiger partial charge in [-0.1, -0.05) is 0 Å². The zero-order valence-electron chi connectivity index (χ0n) is 15.9. The lowest BCUT2D eigenvalue weighted by atomic mass is 9.96. The molecule has 1 aliphatic rings. The van der Waals surface area contributed by atoms with Crippen molar-refractivity contribution >= 4 is 17.5 Å². The summed E-state index contributed by atoms with van der Waals surface area (Å²) in [6.07, 6.45) is 1.43. The van der Waals surface area contributed by atoms with E-state index in [1.54, 1.807) is 30.2 Å². The minimum Gasteiger partial charge on any atom is -0.493 e. The number of piperidine rings is 1. The van der Waals surface area contributed by atoms with Crippen LogP contribution < -0.4 is 14.8 Å². The van der Waals surface area contributed by atoms with Gasteiger partial charge in [-0.2, -0.15) is 0 Å². The van der Waals surface area contributed by atoms with Gasteiger partial charge in [-0.05, 0) is 49.2 Å². The molecule has 6 nitrogen and oxygen atoms in total. The molecule has 0 saturated carbocycles. The van der Waals surface area contributed by atoms with Crippen molar-refractivity contribution < 1.29 is 23.5 Å². The Kier molecular flexibility index (Phi) is 6.13. The first-order valence-electron chi connectivity index (χ1n) is 9.09. The van der Waals surface area contributed by atoms with E-state index in [4.69, 9.17) is 9.47 Å². The van der Waals surface area contributed by atoms with Crippen molar-refractivity contribution in [2.75, 3.05) is 32.6 Å². The maximum atomic E-state index is 13.1. The number of halogens is 1. The molecule has 2 amide bonds. The van der Waals surface area contributed by atoms with E-state index >= 15 is 0 Å². The van der Waals surface area contributed by atoms with Crippen LogP contribution in [0.25, 0.3) is 0 Å². The fourth-order valence-electron chi connectivity index (χ4n) is 3.31. The average Bonchev–Trinajstić information content (AvgIpc) is 2.73. The van der Waals surface area contributed by atoms with Crippen LogP contribution in [0.3, 0.4) is 0 Å². The summed E-state index contributed by atoms with van der Waals surface area (Å²) < 4.78 is 23.5. The lowest BCUT2D eigenvalue weighted by molar-refractivity contribution is -0.121. The van der Waals surface area contributed by atoms with Gasteiger partial charge < -0.3 is 19.7 Å². The van der Waals surface area contributed by atoms with Crippen molar-refractivity contribution in [2.24, 2.45) is 5.92 Å². The van der Waals surface area contributed by atoms with Gasteiger partial charge in [0.05, 0.1) is 20.1 Å². The third-order valence-corrected chi connectivity index (χ3v) is 4.82. The zero-order valence-corrected chi connectivity index (χ0v) is 15.9. The molecule has 0 radical (unpaired) electrons. The minimum absolute atomic E-state index is 0.149. The summed E-state index contributed by atoms with van der Waals surface area (Å²) in [4.78, 5) is 27.0. The van der Waals surface area contributed by atoms with Crippen LogP contribution in [0.5, 0.6) is 11.5 Å². The number of ether oxygens (including phenoxy) is 2. The Morgan fingerprint density at radius 2 is 1.79 bits per heavy atom. The summed E-state index contributed by atoms with van der Waals surface area (Å²) in [5, 5.41) is 2.88. The lowest BCUT2D eigenvalue weighted by Crippen LogP contribution is -2.43. The highest BCUT2D eigenvalue weighted by Gasteiger charge is 2.29. The van der Waals surface area contributed by atoms with E-state index in [-0.39, 0.29) is 23.5 Å². The molecule has 0 spiro atoms. The molecule has 2 aromatic carbocycles. The van der Waals surface area contributed by atoms with Crippen molar-refractivity contribution in [3.63, 3.8) is 0 Å². The molecule has 1 N–H and O–H groups in total. The van der Waals surface area contributed by atoms with Gasteiger partial charge in [0.2, 0.25) is 5.91 Å². The molecule has 0 aromatic heterocycles. The number of nitrogens with one attached hydrogen (secondary N) is 1. The van der Waals surface area contributed by atoms with Crippen molar-refractivity contribution in [3.05, 3.63) is 53.8 Å². The van der Waals surface area contributed by atoms with Crippen LogP contribution in [-0.2, 0) is 4.79 Å². The van der Waals surface area contributed by atoms with E-state index in [9.17, 15) is 14.0 Å². The smallest absolute Gasteiger partial charge is 0.253 e. The van der Waals surface area contributed by atoms with Crippen LogP contribution in [0.2, 0.25) is 0 Å². The first kappa shape index (κ1) is 19.7. The standard InChI is InChI=1S/C21H23FN2O4/c1-27-18-10-9-17(12-19(18)28-2)23-20(25)15-4-3-11-24(13-15)21(26)14-5-7-16(22)8-6-14/h5-10,12,15H,3-4,11,13H2,1-2H3,(H,23,25). The summed E-state index contributed by atoms with van der Waals surface area (Å²) in [5.41, 5.74) is 1.02. The molecule has 2 aromatic rings. The van der Waals surface area contributed by atoms with Crippen molar-refractivity contribution in [2.45, 2.75) is 12.8 Å². The van der Waals surface area contributed by atoms with Gasteiger partial charge in [0.15, 0.2) is 11.5 Å². The number of nitrogens with zero attached hydrogens (tertiary/aromatic N) is 1. The molecule has 7 heteroatoms. The molecule has 1 saturated heterocycles. The number of anilines is 1. The van der Waals surface area contributed by atoms with E-state index in [2.05, 4.69) is 5.32 Å². The second-order valence-corrected chi connectivity index (χ2v) is 6.66. The summed E-state index contributed by atoms with van der Waals surface area (Å²) in [7, 11) is 3.08. The van der Waals surface area contributed by atoms with Crippen molar-refractivity contribution in [1.29, 1.82) is 0 Å². The van der Waals surface area contributed by atoms with Gasteiger partial charge in [0.1, 0.15) is 5.82 Å². The molecule has 28 heavy (non-hydrogen) atoms. The molecular formula is C21H23FN2O4. The number of carbonyl (C=O) groups excluding carboxylic acids is 2. The van der Waals surface area contributed by atoms with Crippen molar-refractivity contribution in [3.8, 4) is 11.5 Å². The molecule has 3 rings (SSSR count). The summed E-state index contributed by atoms with van der Waals surface area (Å²) in [6, 6.07) is 10.6. The van der Waals surface area contributed by atoms with Gasteiger partial charge in [-0.25, -0.2) is 4.39 Å². The van der Waals surface area contributed by atoms with E-state index < -0.39 is 0 Å². The fourth-order valence-corrected chi connectivity index (χ4v) is 3.31. The molecule has 0 aliphatic carbocycles. The van der Waals surface area contributed by atoms with Crippen LogP contribution >= 0.6 is 0 Å². The van der Waals surface area contributed by atoms with Gasteiger partial charge in [-0.3, -0.25) is 9.59 Å². The Morgan fingerprint density at radius 1 is 1.07 bits per heavy atom. The van der Waals surface area contributed by atoms with Gasteiger partial charge in [0.25, 0.3) is 5.91 Å². The Bertz CT molecular complexity index is 854. The lowest BCUT2D eigenvalue weighted by Gasteiger charge is -2.32. The highest BCUT2D eigenvalue weighted by molar-refractivity contribution is 5.96. The average molecular weight is 386 g/mol. The maximum Gasteiger partial charge on any atom is 0.253 e. The molecule has 148 valence electrons. The normalized spacial score (nSPS) is 16.4. The van der Waals surface area contributed by atoms with Gasteiger partial charge in [-0.15, -0.1) is 0 Å². The SMILES string of the molecule is COc1ccc(NC(=O)C2CCCN(C(=O)c3ccc(F)cc3)C2)cc1OC. The van der Waals surface area contributed by atoms with E-state index in [0.717, 1.165) is 6.42 Å². The Morgan fingerprint density at radius 3 is 2.46 bits per heavy atom. The number of amides is 2. The van der Waals surface area contributed by atoms with Crippen molar-refractivity contribution in [1.82, 2.24) is 4.90 Å². The second-order valence-electron chi connectivity index (χ2n) is 6.66. The van der Waals surface area contributed by atoms with E-state index in [1.807, 2.05) is 0 Å². The first-order chi connectivity index (χ1) is 13.5. The number of likely N-dealkylation sites (tertiary alicyclic amines) is 1. The van der Waals surface area contributed by atoms with Crippen LogP contribution in [0.4, 0.5) is 10.1 Å². The molecule has 1 unspecified atom stereocenters. The molecular weight excluding hydrogens is 363 g/mol. The Labute approximate surface area is 163 Å². The minimum atomic E-state index is -0.387. The maximum absolute atomic E-state index is 13.1. The van der Waals surface area contributed by atoms with Crippen LogP contribution in [-0.4, -0.2) is 44.0 Å². The second kappa shape index (κ2) is 8.73. The number of carbonyl (C=O) groups is 2. The monoisotopic (exact) mass is 386 g/mol. The molecule has 0 bridgehead atoms. The molecule has 1 aliphatic heterocycles. The summed E-state index contributed by atoms with van der Waals surface area (Å²) >= 11 is 0. The first-order valence-corrected chi connectivity index (χ1v) is 9.09. The van der Waals surface area contributed by atoms with E-state index in [1.165, 1.54) is 31.4 Å². The Hall–Kier alpha value is -3.09. The van der Waals surface area contributed by atoms with Gasteiger partial charge >= 0.3 is 0 Å². The number of methoxy groups -OCH3 is 2. The third kappa shape index (κ3) is 4.42. The highest BCUT2D eigenvalue weighted by Crippen LogP contribution is 2.30. The quantitative estimate of drug-likeness (QED) is 0.856. The van der Waals surface area contributed by atoms with Crippen LogP contribution in [0.1, 0.15) is 23.2 Å². The number of rotatable bonds is 5. The van der Waals surface area contributed by atoms with Crippen LogP contribution in [0, 0.1) is 11.7 Å². The summed E-state index contributed by atoms with van der Waals surface area (Å²) in [5.74, 6) is 0.0624. The van der Waals surface area contributed by atoms with Gasteiger partial charge in [0, 0.05) is 30.4 Å². The molecule has 1 atom stereocenters. The number of hydrogen-bond donors (Lipinski definition) is 1. The van der Waals surface area contributed by atoms with E-state index in [0.29, 0.717) is 42.3 Å². The molecule has 1 fully saturated rings. The number of benzene rings is 2. The number of hydrogen-bond acceptors (Lipinski definition) is 4. The highest BCUT2D eigenvalue weighted by atomic mass is 19.1. The third-order valence-electron chi connectivity index (χ3n) is 4.82. The fraction of sp³-hybridized carbons (Fsp3) is 0.333.